The maximum absolute atomic E-state index is 11.8. The summed E-state index contributed by atoms with van der Waals surface area (Å²) in [7, 11) is 0.657. The van der Waals surface area contributed by atoms with E-state index in [0.29, 0.717) is 13.8 Å². The smallest absolute Gasteiger partial charge is 0.232 e. The molecule has 0 fully saturated rings. The molecule has 0 radical (unpaired) electrons. The molecule has 0 saturated carbocycles. The molecule has 3 unspecified atom stereocenters. The minimum Gasteiger partial charge on any atom is -0.403 e. The van der Waals surface area contributed by atoms with E-state index in [4.69, 9.17) is 0 Å². The van der Waals surface area contributed by atoms with Gasteiger partial charge in [0.1, 0.15) is 0 Å². The van der Waals surface area contributed by atoms with Gasteiger partial charge in [-0.25, -0.2) is 0 Å². The molecule has 0 aliphatic heterocycles. The van der Waals surface area contributed by atoms with E-state index < -0.39 is 0 Å². The predicted molar refractivity (Wildman–Crippen MR) is 71.6 cm³/mol. The van der Waals surface area contributed by atoms with E-state index >= 15 is 0 Å². The standard InChI is InChI=1S/C11H20BNOS/c1-5-8(3)10(7-9(15)6-2)11(14)13-12-4/h5-6,8-10,12,15H,1-2,7H2,3-4H3,(H,13,14). The number of carbonyl (C=O) groups is 1. The van der Waals surface area contributed by atoms with Gasteiger partial charge in [0.05, 0.1) is 0 Å². The molecule has 0 aliphatic carbocycles. The summed E-state index contributed by atoms with van der Waals surface area (Å²) in [5, 5.41) is 2.89. The normalized spacial score (nSPS) is 15.9. The fourth-order valence-corrected chi connectivity index (χ4v) is 1.61. The van der Waals surface area contributed by atoms with E-state index in [1.807, 2.05) is 19.8 Å². The summed E-state index contributed by atoms with van der Waals surface area (Å²) >= 11 is 4.33. The zero-order chi connectivity index (χ0) is 11.8. The van der Waals surface area contributed by atoms with Crippen LogP contribution in [0.3, 0.4) is 0 Å². The lowest BCUT2D eigenvalue weighted by Crippen LogP contribution is -2.36. The van der Waals surface area contributed by atoms with E-state index in [2.05, 4.69) is 31.0 Å². The highest BCUT2D eigenvalue weighted by atomic mass is 32.1. The molecule has 4 heteroatoms. The van der Waals surface area contributed by atoms with Crippen molar-refractivity contribution in [1.29, 1.82) is 0 Å². The van der Waals surface area contributed by atoms with E-state index in [1.54, 1.807) is 6.08 Å². The minimum atomic E-state index is -0.0667. The number of nitrogens with one attached hydrogen (secondary N) is 1. The van der Waals surface area contributed by atoms with Crippen LogP contribution in [0.4, 0.5) is 0 Å². The Morgan fingerprint density at radius 2 is 2.13 bits per heavy atom. The Morgan fingerprint density at radius 1 is 1.53 bits per heavy atom. The maximum Gasteiger partial charge on any atom is 0.232 e. The van der Waals surface area contributed by atoms with Gasteiger partial charge in [-0.05, 0) is 12.3 Å². The van der Waals surface area contributed by atoms with E-state index in [0.717, 1.165) is 0 Å². The SMILES string of the molecule is C=CC(S)CC(C(=O)NBC)C(C)C=C. The molecule has 3 atom stereocenters. The van der Waals surface area contributed by atoms with Crippen molar-refractivity contribution in [3.8, 4) is 0 Å². The molecule has 0 aromatic heterocycles. The molecule has 0 aromatic carbocycles. The number of hydrogen-bond donors (Lipinski definition) is 2. The molecule has 15 heavy (non-hydrogen) atoms. The summed E-state index contributed by atoms with van der Waals surface area (Å²) in [5.74, 6) is 0.167. The van der Waals surface area contributed by atoms with Crippen molar-refractivity contribution in [2.24, 2.45) is 11.8 Å². The lowest BCUT2D eigenvalue weighted by atomic mass is 9.86. The molecule has 0 aromatic rings. The Hall–Kier alpha value is -0.635. The van der Waals surface area contributed by atoms with Gasteiger partial charge in [0.25, 0.3) is 0 Å². The molecule has 0 rings (SSSR count). The summed E-state index contributed by atoms with van der Waals surface area (Å²) in [5.41, 5.74) is 0. The summed E-state index contributed by atoms with van der Waals surface area (Å²) in [6.45, 7) is 11.3. The number of amides is 1. The van der Waals surface area contributed by atoms with Gasteiger partial charge in [-0.15, -0.1) is 13.2 Å². The molecule has 1 amide bonds. The lowest BCUT2D eigenvalue weighted by molar-refractivity contribution is -0.124. The van der Waals surface area contributed by atoms with Crippen LogP contribution in [-0.2, 0) is 4.79 Å². The van der Waals surface area contributed by atoms with E-state index in [9.17, 15) is 4.79 Å². The first-order valence-corrected chi connectivity index (χ1v) is 5.79. The van der Waals surface area contributed by atoms with E-state index in [-0.39, 0.29) is 23.0 Å². The summed E-state index contributed by atoms with van der Waals surface area (Å²) in [4.78, 5) is 11.8. The highest BCUT2D eigenvalue weighted by Crippen LogP contribution is 2.21. The molecular formula is C11H20BNOS. The van der Waals surface area contributed by atoms with Crippen molar-refractivity contribution < 1.29 is 4.79 Å². The molecule has 2 nitrogen and oxygen atoms in total. The van der Waals surface area contributed by atoms with Crippen molar-refractivity contribution >= 4 is 26.0 Å². The third-order valence-corrected chi connectivity index (χ3v) is 2.88. The van der Waals surface area contributed by atoms with Gasteiger partial charge in [-0.1, -0.05) is 25.9 Å². The summed E-state index contributed by atoms with van der Waals surface area (Å²) in [6.07, 6.45) is 4.26. The Bertz CT molecular complexity index is 233. The van der Waals surface area contributed by atoms with E-state index in [1.165, 1.54) is 0 Å². The average molecular weight is 225 g/mol. The van der Waals surface area contributed by atoms with Crippen LogP contribution in [0.2, 0.25) is 6.82 Å². The first-order chi connectivity index (χ1) is 7.06. The van der Waals surface area contributed by atoms with Gasteiger partial charge in [0, 0.05) is 11.2 Å². The van der Waals surface area contributed by atoms with Gasteiger partial charge < -0.3 is 5.23 Å². The third kappa shape index (κ3) is 5.12. The van der Waals surface area contributed by atoms with Crippen LogP contribution in [0.5, 0.6) is 0 Å². The summed E-state index contributed by atoms with van der Waals surface area (Å²) < 4.78 is 0. The molecular weight excluding hydrogens is 205 g/mol. The number of allylic oxidation sites excluding steroid dienone is 1. The van der Waals surface area contributed by atoms with Crippen molar-refractivity contribution in [2.75, 3.05) is 0 Å². The molecule has 84 valence electrons. The van der Waals surface area contributed by atoms with Gasteiger partial charge in [0.2, 0.25) is 13.3 Å². The number of carbonyl (C=O) groups excluding carboxylic acids is 1. The van der Waals surface area contributed by atoms with Crippen LogP contribution >= 0.6 is 12.6 Å². The second-order valence-electron chi connectivity index (χ2n) is 3.63. The summed E-state index contributed by atoms with van der Waals surface area (Å²) in [6, 6.07) is 0. The zero-order valence-corrected chi connectivity index (χ0v) is 10.5. The monoisotopic (exact) mass is 225 g/mol. The first kappa shape index (κ1) is 14.4. The quantitative estimate of drug-likeness (QED) is 0.386. The zero-order valence-electron chi connectivity index (χ0n) is 9.57. The van der Waals surface area contributed by atoms with Crippen molar-refractivity contribution in [1.82, 2.24) is 5.23 Å². The molecule has 0 aliphatic rings. The van der Waals surface area contributed by atoms with Gasteiger partial charge >= 0.3 is 0 Å². The first-order valence-electron chi connectivity index (χ1n) is 5.27. The Morgan fingerprint density at radius 3 is 2.53 bits per heavy atom. The fraction of sp³-hybridized carbons (Fsp3) is 0.545. The van der Waals surface area contributed by atoms with Gasteiger partial charge in [-0.3, -0.25) is 4.79 Å². The molecule has 0 saturated heterocycles. The van der Waals surface area contributed by atoms with Crippen LogP contribution in [-0.4, -0.2) is 18.6 Å². The lowest BCUT2D eigenvalue weighted by Gasteiger charge is -2.22. The molecule has 0 spiro atoms. The average Bonchev–Trinajstić information content (AvgIpc) is 2.24. The number of hydrogen-bond acceptors (Lipinski definition) is 2. The largest absolute Gasteiger partial charge is 0.403 e. The minimum absolute atomic E-state index is 0.0556. The maximum atomic E-state index is 11.8. The third-order valence-electron chi connectivity index (χ3n) is 2.46. The van der Waals surface area contributed by atoms with Crippen LogP contribution in [0.1, 0.15) is 13.3 Å². The van der Waals surface area contributed by atoms with Gasteiger partial charge in [0.15, 0.2) is 0 Å². The Labute approximate surface area is 98.9 Å². The van der Waals surface area contributed by atoms with Crippen LogP contribution in [0.15, 0.2) is 25.3 Å². The Kier molecular flexibility index (Phi) is 7.31. The second kappa shape index (κ2) is 7.63. The van der Waals surface area contributed by atoms with Crippen molar-refractivity contribution in [3.05, 3.63) is 25.3 Å². The fourth-order valence-electron chi connectivity index (χ4n) is 1.39. The molecule has 1 N–H and O–H groups in total. The van der Waals surface area contributed by atoms with Crippen molar-refractivity contribution in [3.63, 3.8) is 0 Å². The Balaban J connectivity index is 4.49. The topological polar surface area (TPSA) is 29.1 Å². The number of thiol groups is 1. The van der Waals surface area contributed by atoms with Gasteiger partial charge in [-0.2, -0.15) is 12.6 Å². The van der Waals surface area contributed by atoms with Crippen LogP contribution < -0.4 is 5.23 Å². The number of rotatable bonds is 7. The second-order valence-corrected chi connectivity index (χ2v) is 4.30. The van der Waals surface area contributed by atoms with Crippen LogP contribution in [0.25, 0.3) is 0 Å². The predicted octanol–water partition coefficient (Wildman–Crippen LogP) is 1.81. The van der Waals surface area contributed by atoms with Crippen LogP contribution in [0, 0.1) is 11.8 Å². The molecule has 0 bridgehead atoms. The van der Waals surface area contributed by atoms with Crippen molar-refractivity contribution in [2.45, 2.75) is 25.4 Å². The highest BCUT2D eigenvalue weighted by molar-refractivity contribution is 7.81. The highest BCUT2D eigenvalue weighted by Gasteiger charge is 2.23. The molecule has 0 heterocycles.